The number of benzene rings is 3. The van der Waals surface area contributed by atoms with E-state index in [1.54, 1.807) is 0 Å². The van der Waals surface area contributed by atoms with Crippen molar-refractivity contribution in [3.63, 3.8) is 0 Å². The Morgan fingerprint density at radius 1 is 0.568 bits per heavy atom. The van der Waals surface area contributed by atoms with Crippen LogP contribution in [0, 0.1) is 0 Å². The van der Waals surface area contributed by atoms with Gasteiger partial charge in [-0.15, -0.1) is 0 Å². The smallest absolute Gasteiger partial charge is 0.221 e. The molecule has 0 aromatic heterocycles. The average molecular weight is 498 g/mol. The molecule has 7 heteroatoms. The Morgan fingerprint density at radius 3 is 1.16 bits per heavy atom. The van der Waals surface area contributed by atoms with Gasteiger partial charge in [-0.1, -0.05) is 18.2 Å². The third-order valence-electron chi connectivity index (χ3n) is 6.91. The number of hydrogen-bond acceptors (Lipinski definition) is 4. The van der Waals surface area contributed by atoms with E-state index in [0.29, 0.717) is 0 Å². The maximum Gasteiger partial charge on any atom is 0.221 e. The van der Waals surface area contributed by atoms with Crippen LogP contribution < -0.4 is 16.0 Å². The van der Waals surface area contributed by atoms with E-state index in [2.05, 4.69) is 34.1 Å². The normalized spacial score (nSPS) is 17.9. The van der Waals surface area contributed by atoms with Gasteiger partial charge in [-0.05, 0) is 82.6 Å². The maximum atomic E-state index is 11.6. The van der Waals surface area contributed by atoms with Crippen molar-refractivity contribution in [1.29, 1.82) is 0 Å². The maximum absolute atomic E-state index is 11.6. The van der Waals surface area contributed by atoms with Gasteiger partial charge in [0.05, 0.1) is 0 Å². The molecule has 7 nitrogen and oxygen atoms in total. The topological polar surface area (TPSA) is 96.5 Å². The van der Waals surface area contributed by atoms with Crippen LogP contribution in [0.25, 0.3) is 0 Å². The van der Waals surface area contributed by atoms with Crippen molar-refractivity contribution in [2.45, 2.75) is 45.4 Å². The molecule has 3 aromatic carbocycles. The fourth-order valence-corrected chi connectivity index (χ4v) is 5.62. The van der Waals surface area contributed by atoms with E-state index >= 15 is 0 Å². The molecule has 1 saturated heterocycles. The van der Waals surface area contributed by atoms with E-state index in [4.69, 9.17) is 4.74 Å². The van der Waals surface area contributed by atoms with Crippen LogP contribution in [-0.2, 0) is 19.1 Å². The van der Waals surface area contributed by atoms with Crippen LogP contribution >= 0.6 is 0 Å². The van der Waals surface area contributed by atoms with E-state index in [1.807, 2.05) is 36.4 Å². The van der Waals surface area contributed by atoms with Gasteiger partial charge < -0.3 is 20.7 Å². The zero-order valence-electron chi connectivity index (χ0n) is 21.3. The van der Waals surface area contributed by atoms with Crippen molar-refractivity contribution in [3.8, 4) is 0 Å². The third-order valence-corrected chi connectivity index (χ3v) is 6.91. The molecular weight excluding hydrogens is 466 g/mol. The standard InChI is InChI=1S/C26H23N3O3.C4H8O/c1-13(30)27-16-4-7-19-22(10-16)26-23-11-17(28-14(2)31)5-8-20(23)25(19)21-9-6-18(12-24(21)26)29-15(3)32;1-2-4-5-3-1/h4-12,25-26H,1-3H3,(H,27,30)(H,28,31)(H,29,32);1-4H2. The Labute approximate surface area is 216 Å². The second-order valence-corrected chi connectivity index (χ2v) is 9.76. The van der Waals surface area contributed by atoms with Gasteiger partial charge in [0, 0.05) is 62.9 Å². The van der Waals surface area contributed by atoms with Crippen molar-refractivity contribution in [3.05, 3.63) is 88.0 Å². The molecular formula is C30H31N3O4. The van der Waals surface area contributed by atoms with Crippen LogP contribution in [0.15, 0.2) is 54.6 Å². The monoisotopic (exact) mass is 497 g/mol. The zero-order chi connectivity index (χ0) is 26.1. The van der Waals surface area contributed by atoms with E-state index < -0.39 is 0 Å². The summed E-state index contributed by atoms with van der Waals surface area (Å²) in [5, 5.41) is 8.65. The van der Waals surface area contributed by atoms with E-state index in [0.717, 1.165) is 47.0 Å². The highest BCUT2D eigenvalue weighted by Gasteiger charge is 2.41. The second kappa shape index (κ2) is 10.2. The predicted octanol–water partition coefficient (Wildman–Crippen LogP) is 5.35. The number of anilines is 3. The highest BCUT2D eigenvalue weighted by Crippen LogP contribution is 2.56. The summed E-state index contributed by atoms with van der Waals surface area (Å²) in [5.41, 5.74) is 9.27. The number of rotatable bonds is 3. The first-order chi connectivity index (χ1) is 17.8. The number of hydrogen-bond donors (Lipinski definition) is 3. The number of carbonyl (C=O) groups is 3. The van der Waals surface area contributed by atoms with Gasteiger partial charge >= 0.3 is 0 Å². The molecule has 2 bridgehead atoms. The molecule has 1 fully saturated rings. The van der Waals surface area contributed by atoms with Gasteiger partial charge in [0.15, 0.2) is 0 Å². The summed E-state index contributed by atoms with van der Waals surface area (Å²) in [6.45, 7) is 6.49. The highest BCUT2D eigenvalue weighted by molar-refractivity contribution is 5.91. The fraction of sp³-hybridized carbons (Fsp3) is 0.300. The lowest BCUT2D eigenvalue weighted by molar-refractivity contribution is -0.115. The Kier molecular flexibility index (Phi) is 6.80. The summed E-state index contributed by atoms with van der Waals surface area (Å²) in [5.74, 6) is -0.381. The van der Waals surface area contributed by atoms with Gasteiger partial charge in [-0.3, -0.25) is 14.4 Å². The number of ether oxygens (including phenoxy) is 1. The van der Waals surface area contributed by atoms with Crippen LogP contribution in [0.5, 0.6) is 0 Å². The molecule has 3 amide bonds. The molecule has 0 atom stereocenters. The zero-order valence-corrected chi connectivity index (χ0v) is 21.3. The van der Waals surface area contributed by atoms with Crippen LogP contribution in [-0.4, -0.2) is 30.9 Å². The minimum absolute atomic E-state index is 0.0455. The highest BCUT2D eigenvalue weighted by atomic mass is 16.5. The van der Waals surface area contributed by atoms with Gasteiger partial charge in [-0.2, -0.15) is 0 Å². The summed E-state index contributed by atoms with van der Waals surface area (Å²) in [4.78, 5) is 34.9. The summed E-state index contributed by atoms with van der Waals surface area (Å²) in [6, 6.07) is 18.2. The van der Waals surface area contributed by atoms with E-state index in [-0.39, 0.29) is 29.6 Å². The number of nitrogens with one attached hydrogen (secondary N) is 3. The van der Waals surface area contributed by atoms with Gasteiger partial charge in [0.2, 0.25) is 17.7 Å². The minimum atomic E-state index is -0.118. The van der Waals surface area contributed by atoms with Crippen LogP contribution in [0.2, 0.25) is 0 Å². The molecule has 0 unspecified atom stereocenters. The Hall–Kier alpha value is -3.97. The summed E-state index contributed by atoms with van der Waals surface area (Å²) < 4.78 is 4.94. The molecule has 190 valence electrons. The van der Waals surface area contributed by atoms with Crippen LogP contribution in [0.3, 0.4) is 0 Å². The quantitative estimate of drug-likeness (QED) is 0.313. The lowest BCUT2D eigenvalue weighted by atomic mass is 9.61. The van der Waals surface area contributed by atoms with Crippen LogP contribution in [0.4, 0.5) is 17.1 Å². The minimum Gasteiger partial charge on any atom is -0.381 e. The van der Waals surface area contributed by atoms with Crippen molar-refractivity contribution >= 4 is 34.8 Å². The predicted molar refractivity (Wildman–Crippen MR) is 144 cm³/mol. The summed E-state index contributed by atoms with van der Waals surface area (Å²) in [7, 11) is 0. The van der Waals surface area contributed by atoms with Gasteiger partial charge in [0.1, 0.15) is 0 Å². The summed E-state index contributed by atoms with van der Waals surface area (Å²) in [6.07, 6.45) is 2.56. The largest absolute Gasteiger partial charge is 0.381 e. The van der Waals surface area contributed by atoms with Crippen molar-refractivity contribution in [2.24, 2.45) is 0 Å². The Balaban J connectivity index is 0.000000503. The first-order valence-electron chi connectivity index (χ1n) is 12.6. The fourth-order valence-electron chi connectivity index (χ4n) is 5.62. The van der Waals surface area contributed by atoms with Crippen molar-refractivity contribution < 1.29 is 19.1 Å². The molecule has 4 aliphatic rings. The average Bonchev–Trinajstić information content (AvgIpc) is 3.43. The Morgan fingerprint density at radius 2 is 0.892 bits per heavy atom. The number of carbonyl (C=O) groups excluding carboxylic acids is 3. The molecule has 0 saturated carbocycles. The molecule has 3 aromatic rings. The summed E-state index contributed by atoms with van der Waals surface area (Å²) >= 11 is 0. The molecule has 37 heavy (non-hydrogen) atoms. The van der Waals surface area contributed by atoms with Gasteiger partial charge in [0.25, 0.3) is 0 Å². The van der Waals surface area contributed by atoms with Gasteiger partial charge in [-0.25, -0.2) is 0 Å². The molecule has 1 heterocycles. The van der Waals surface area contributed by atoms with Crippen molar-refractivity contribution in [1.82, 2.24) is 0 Å². The third kappa shape index (κ3) is 5.00. The van der Waals surface area contributed by atoms with Crippen molar-refractivity contribution in [2.75, 3.05) is 29.2 Å². The first-order valence-corrected chi connectivity index (χ1v) is 12.6. The SMILES string of the molecule is C1CCOC1.CC(=O)Nc1ccc2c(c1)C1c3cc(NC(C)=O)ccc3C2c2ccc(NC(C)=O)cc21. The molecule has 1 aliphatic heterocycles. The molecule has 0 radical (unpaired) electrons. The Bertz CT molecular complexity index is 1230. The first kappa shape index (κ1) is 24.7. The lowest BCUT2D eigenvalue weighted by Gasteiger charge is -2.42. The number of amides is 3. The molecule has 0 spiro atoms. The molecule has 3 N–H and O–H groups in total. The molecule has 7 rings (SSSR count). The van der Waals surface area contributed by atoms with E-state index in [1.165, 1.54) is 50.3 Å². The lowest BCUT2D eigenvalue weighted by Crippen LogP contribution is -2.28. The van der Waals surface area contributed by atoms with Crippen LogP contribution in [0.1, 0.15) is 78.8 Å². The van der Waals surface area contributed by atoms with E-state index in [9.17, 15) is 14.4 Å². The second-order valence-electron chi connectivity index (χ2n) is 9.76. The molecule has 3 aliphatic carbocycles.